The van der Waals surface area contributed by atoms with Crippen LogP contribution in [0, 0.1) is 11.8 Å². The molecule has 3 atom stereocenters. The van der Waals surface area contributed by atoms with E-state index < -0.39 is 12.0 Å². The highest BCUT2D eigenvalue weighted by atomic mass is 16.5. The predicted molar refractivity (Wildman–Crippen MR) is 89.4 cm³/mol. The smallest absolute Gasteiger partial charge is 0.326 e. The number of hydrogen-bond acceptors (Lipinski definition) is 4. The van der Waals surface area contributed by atoms with E-state index in [4.69, 9.17) is 9.47 Å². The molecule has 2 rings (SSSR count). The van der Waals surface area contributed by atoms with Crippen LogP contribution in [-0.2, 0) is 9.59 Å². The molecule has 6 heteroatoms. The molecule has 1 aromatic rings. The number of amides is 1. The van der Waals surface area contributed by atoms with Crippen LogP contribution in [0.4, 0.5) is 0 Å². The van der Waals surface area contributed by atoms with Crippen molar-refractivity contribution in [2.45, 2.75) is 38.6 Å². The van der Waals surface area contributed by atoms with Gasteiger partial charge in [-0.3, -0.25) is 4.79 Å². The van der Waals surface area contributed by atoms with Crippen LogP contribution in [0.1, 0.15) is 38.2 Å². The van der Waals surface area contributed by atoms with Gasteiger partial charge in [-0.2, -0.15) is 0 Å². The third kappa shape index (κ3) is 4.19. The van der Waals surface area contributed by atoms with Gasteiger partial charge in [0.15, 0.2) is 0 Å². The monoisotopic (exact) mass is 335 g/mol. The fraction of sp³-hybridized carbons (Fsp3) is 0.556. The maximum absolute atomic E-state index is 12.4. The van der Waals surface area contributed by atoms with Crippen molar-refractivity contribution in [2.24, 2.45) is 11.8 Å². The first kappa shape index (κ1) is 18.1. The minimum atomic E-state index is -0.992. The molecule has 0 heterocycles. The summed E-state index contributed by atoms with van der Waals surface area (Å²) in [7, 11) is 3.18. The summed E-state index contributed by atoms with van der Waals surface area (Å²) in [6, 6.07) is 4.66. The van der Waals surface area contributed by atoms with E-state index >= 15 is 0 Å². The number of carbonyl (C=O) groups is 2. The third-order valence-corrected chi connectivity index (χ3v) is 4.29. The van der Waals surface area contributed by atoms with E-state index in [1.165, 1.54) is 0 Å². The summed E-state index contributed by atoms with van der Waals surface area (Å²) in [4.78, 5) is 23.7. The lowest BCUT2D eigenvalue weighted by Gasteiger charge is -2.16. The molecule has 6 nitrogen and oxygen atoms in total. The highest BCUT2D eigenvalue weighted by Gasteiger charge is 2.46. The minimum Gasteiger partial charge on any atom is -0.497 e. The molecule has 0 aromatic heterocycles. The maximum atomic E-state index is 12.4. The van der Waals surface area contributed by atoms with Gasteiger partial charge >= 0.3 is 5.97 Å². The number of benzene rings is 1. The average molecular weight is 335 g/mol. The number of nitrogens with one attached hydrogen (secondary N) is 1. The van der Waals surface area contributed by atoms with Gasteiger partial charge < -0.3 is 19.9 Å². The van der Waals surface area contributed by atoms with Crippen LogP contribution in [0.2, 0.25) is 0 Å². The van der Waals surface area contributed by atoms with E-state index in [0.29, 0.717) is 24.3 Å². The fourth-order valence-electron chi connectivity index (χ4n) is 2.93. The summed E-state index contributed by atoms with van der Waals surface area (Å²) in [6.07, 6.45) is 1.10. The molecule has 1 fully saturated rings. The third-order valence-electron chi connectivity index (χ3n) is 4.29. The Morgan fingerprint density at radius 3 is 2.54 bits per heavy atom. The van der Waals surface area contributed by atoms with E-state index in [1.54, 1.807) is 14.2 Å². The Bertz CT molecular complexity index is 613. The molecule has 1 aliphatic carbocycles. The Labute approximate surface area is 142 Å². The Morgan fingerprint density at radius 2 is 2.00 bits per heavy atom. The van der Waals surface area contributed by atoms with Crippen molar-refractivity contribution in [2.75, 3.05) is 14.2 Å². The number of carboxylic acids is 1. The fourth-order valence-corrected chi connectivity index (χ4v) is 2.93. The topological polar surface area (TPSA) is 84.9 Å². The maximum Gasteiger partial charge on any atom is 0.326 e. The molecule has 0 aliphatic heterocycles. The number of ether oxygens (including phenoxy) is 2. The number of methoxy groups -OCH3 is 2. The lowest BCUT2D eigenvalue weighted by Crippen LogP contribution is -2.42. The van der Waals surface area contributed by atoms with Crippen LogP contribution < -0.4 is 14.8 Å². The molecule has 0 bridgehead atoms. The SMILES string of the molecule is COc1ccc(OC)c(C2CC2C(=O)NC(CC(C)C)C(=O)O)c1. The molecule has 132 valence electrons. The van der Waals surface area contributed by atoms with Crippen molar-refractivity contribution in [1.82, 2.24) is 5.32 Å². The van der Waals surface area contributed by atoms with E-state index in [9.17, 15) is 14.7 Å². The normalized spacial score (nSPS) is 20.4. The second-order valence-electron chi connectivity index (χ2n) is 6.59. The lowest BCUT2D eigenvalue weighted by molar-refractivity contribution is -0.142. The number of hydrogen-bond donors (Lipinski definition) is 2. The Hall–Kier alpha value is -2.24. The number of aliphatic carboxylic acids is 1. The first-order valence-corrected chi connectivity index (χ1v) is 8.12. The van der Waals surface area contributed by atoms with E-state index in [1.807, 2.05) is 32.0 Å². The van der Waals surface area contributed by atoms with Crippen molar-refractivity contribution < 1.29 is 24.2 Å². The summed E-state index contributed by atoms with van der Waals surface area (Å²) in [5, 5.41) is 11.9. The van der Waals surface area contributed by atoms with Crippen LogP contribution >= 0.6 is 0 Å². The van der Waals surface area contributed by atoms with Crippen LogP contribution in [-0.4, -0.2) is 37.2 Å². The average Bonchev–Trinajstić information content (AvgIpc) is 3.33. The van der Waals surface area contributed by atoms with Crippen LogP contribution in [0.3, 0.4) is 0 Å². The van der Waals surface area contributed by atoms with Crippen molar-refractivity contribution in [3.8, 4) is 11.5 Å². The minimum absolute atomic E-state index is 0.0311. The zero-order valence-electron chi connectivity index (χ0n) is 14.5. The summed E-state index contributed by atoms with van der Waals surface area (Å²) < 4.78 is 10.6. The predicted octanol–water partition coefficient (Wildman–Crippen LogP) is 2.42. The number of rotatable bonds is 8. The molecule has 1 aliphatic rings. The molecule has 0 radical (unpaired) electrons. The number of carboxylic acid groups (broad SMARTS) is 1. The van der Waals surface area contributed by atoms with Crippen molar-refractivity contribution in [3.63, 3.8) is 0 Å². The summed E-state index contributed by atoms with van der Waals surface area (Å²) in [6.45, 7) is 3.87. The van der Waals surface area contributed by atoms with Gasteiger partial charge in [-0.25, -0.2) is 4.79 Å². The molecule has 2 N–H and O–H groups in total. The van der Waals surface area contributed by atoms with Crippen LogP contribution in [0.5, 0.6) is 11.5 Å². The molecule has 3 unspecified atom stereocenters. The van der Waals surface area contributed by atoms with Gasteiger partial charge in [-0.05, 0) is 37.0 Å². The molecule has 0 spiro atoms. The summed E-state index contributed by atoms with van der Waals surface area (Å²) in [5.41, 5.74) is 0.924. The molecule has 0 saturated heterocycles. The van der Waals surface area contributed by atoms with Crippen LogP contribution in [0.25, 0.3) is 0 Å². The van der Waals surface area contributed by atoms with E-state index in [-0.39, 0.29) is 23.7 Å². The first-order chi connectivity index (χ1) is 11.4. The lowest BCUT2D eigenvalue weighted by atomic mass is 10.0. The van der Waals surface area contributed by atoms with Crippen molar-refractivity contribution in [1.29, 1.82) is 0 Å². The highest BCUT2D eigenvalue weighted by Crippen LogP contribution is 2.51. The van der Waals surface area contributed by atoms with Gasteiger partial charge in [-0.15, -0.1) is 0 Å². The molecular formula is C18H25NO5. The van der Waals surface area contributed by atoms with Crippen molar-refractivity contribution >= 4 is 11.9 Å². The van der Waals surface area contributed by atoms with Crippen LogP contribution in [0.15, 0.2) is 18.2 Å². The van der Waals surface area contributed by atoms with Gasteiger partial charge in [0.05, 0.1) is 14.2 Å². The quantitative estimate of drug-likeness (QED) is 0.762. The molecular weight excluding hydrogens is 310 g/mol. The molecule has 1 amide bonds. The zero-order chi connectivity index (χ0) is 17.9. The van der Waals surface area contributed by atoms with E-state index in [0.717, 1.165) is 5.56 Å². The Kier molecular flexibility index (Phi) is 5.70. The Morgan fingerprint density at radius 1 is 1.29 bits per heavy atom. The standard InChI is InChI=1S/C18H25NO5/c1-10(2)7-15(18(21)22)19-17(20)14-9-12(14)13-8-11(23-3)5-6-16(13)24-4/h5-6,8,10,12,14-15H,7,9H2,1-4H3,(H,19,20)(H,21,22). The van der Waals surface area contributed by atoms with Gasteiger partial charge in [0.25, 0.3) is 0 Å². The zero-order valence-corrected chi connectivity index (χ0v) is 14.5. The second-order valence-corrected chi connectivity index (χ2v) is 6.59. The second kappa shape index (κ2) is 7.55. The number of carbonyl (C=O) groups excluding carboxylic acids is 1. The molecule has 1 saturated carbocycles. The Balaban J connectivity index is 2.06. The molecule has 24 heavy (non-hydrogen) atoms. The van der Waals surface area contributed by atoms with Gasteiger partial charge in [0.1, 0.15) is 17.5 Å². The molecule has 1 aromatic carbocycles. The first-order valence-electron chi connectivity index (χ1n) is 8.12. The summed E-state index contributed by atoms with van der Waals surface area (Å²) in [5.74, 6) is 0.225. The van der Waals surface area contributed by atoms with Gasteiger partial charge in [0.2, 0.25) is 5.91 Å². The van der Waals surface area contributed by atoms with Gasteiger partial charge in [0, 0.05) is 17.4 Å². The summed E-state index contributed by atoms with van der Waals surface area (Å²) >= 11 is 0. The largest absolute Gasteiger partial charge is 0.497 e. The highest BCUT2D eigenvalue weighted by molar-refractivity contribution is 5.87. The van der Waals surface area contributed by atoms with Crippen molar-refractivity contribution in [3.05, 3.63) is 23.8 Å². The van der Waals surface area contributed by atoms with E-state index in [2.05, 4.69) is 5.32 Å². The van der Waals surface area contributed by atoms with Gasteiger partial charge in [-0.1, -0.05) is 13.8 Å².